The standard InChI is InChI=1S/C28H27F6N7O2/c1-39(2)26(43)40-13-4-3-5-19(40)24-38-21(22-23(28(32,33)34)36-12-14-41(22)24)16-6-8-17(9-7-16)25(42)37-20-15-18(10-11-35-20)27(29,30)31/h6-12,14-15,19,26,43H,3-5,13H2,1-2H3,(H,35,37,42)/t19-,26?/m0/s1. The van der Waals surface area contributed by atoms with Gasteiger partial charge in [0.05, 0.1) is 17.3 Å². The van der Waals surface area contributed by atoms with Gasteiger partial charge in [0.15, 0.2) is 12.0 Å². The number of fused-ring (bicyclic) bond motifs is 1. The van der Waals surface area contributed by atoms with Crippen molar-refractivity contribution in [1.29, 1.82) is 0 Å². The van der Waals surface area contributed by atoms with E-state index in [4.69, 9.17) is 0 Å². The van der Waals surface area contributed by atoms with Gasteiger partial charge >= 0.3 is 12.4 Å². The molecule has 15 heteroatoms. The van der Waals surface area contributed by atoms with E-state index in [1.807, 2.05) is 0 Å². The van der Waals surface area contributed by atoms with Crippen molar-refractivity contribution in [3.05, 3.63) is 77.6 Å². The van der Waals surface area contributed by atoms with Gasteiger partial charge in [-0.25, -0.2) is 15.0 Å². The van der Waals surface area contributed by atoms with E-state index in [0.717, 1.165) is 31.3 Å². The molecule has 43 heavy (non-hydrogen) atoms. The summed E-state index contributed by atoms with van der Waals surface area (Å²) in [7, 11) is 3.38. The summed E-state index contributed by atoms with van der Waals surface area (Å²) >= 11 is 0. The molecular formula is C28H27F6N7O2. The highest BCUT2D eigenvalue weighted by atomic mass is 19.4. The number of carbonyl (C=O) groups is 1. The molecule has 0 spiro atoms. The number of amides is 1. The molecule has 228 valence electrons. The average Bonchev–Trinajstić information content (AvgIpc) is 3.35. The molecule has 3 aromatic heterocycles. The largest absolute Gasteiger partial charge is 0.435 e. The highest BCUT2D eigenvalue weighted by Gasteiger charge is 2.39. The number of halogens is 6. The normalized spacial score (nSPS) is 17.4. The molecular weight excluding hydrogens is 580 g/mol. The van der Waals surface area contributed by atoms with Crippen LogP contribution in [0, 0.1) is 0 Å². The zero-order chi connectivity index (χ0) is 31.1. The lowest BCUT2D eigenvalue weighted by Gasteiger charge is -2.40. The van der Waals surface area contributed by atoms with Crippen LogP contribution in [0.25, 0.3) is 16.8 Å². The van der Waals surface area contributed by atoms with E-state index in [1.54, 1.807) is 23.9 Å². The zero-order valence-corrected chi connectivity index (χ0v) is 23.0. The fraction of sp³-hybridized carbons (Fsp3) is 0.357. The van der Waals surface area contributed by atoms with Gasteiger partial charge in [0.25, 0.3) is 5.91 Å². The van der Waals surface area contributed by atoms with Crippen molar-refractivity contribution in [2.24, 2.45) is 0 Å². The van der Waals surface area contributed by atoms with Gasteiger partial charge in [-0.2, -0.15) is 26.3 Å². The van der Waals surface area contributed by atoms with Crippen LogP contribution in [0.3, 0.4) is 0 Å². The molecule has 1 aliphatic rings. The Morgan fingerprint density at radius 2 is 1.74 bits per heavy atom. The van der Waals surface area contributed by atoms with Crippen LogP contribution in [0.4, 0.5) is 32.2 Å². The highest BCUT2D eigenvalue weighted by Crippen LogP contribution is 2.40. The summed E-state index contributed by atoms with van der Waals surface area (Å²) in [5.41, 5.74) is -2.14. The number of imidazole rings is 1. The topological polar surface area (TPSA) is 98.9 Å². The van der Waals surface area contributed by atoms with Crippen LogP contribution >= 0.6 is 0 Å². The van der Waals surface area contributed by atoms with Gasteiger partial charge in [-0.1, -0.05) is 18.6 Å². The number of likely N-dealkylation sites (tertiary alicyclic amines) is 1. The Labute approximate surface area is 241 Å². The van der Waals surface area contributed by atoms with E-state index >= 15 is 0 Å². The quantitative estimate of drug-likeness (QED) is 0.222. The summed E-state index contributed by atoms with van der Waals surface area (Å²) < 4.78 is 82.9. The summed E-state index contributed by atoms with van der Waals surface area (Å²) in [5, 5.41) is 13.1. The monoisotopic (exact) mass is 607 g/mol. The predicted molar refractivity (Wildman–Crippen MR) is 144 cm³/mol. The summed E-state index contributed by atoms with van der Waals surface area (Å²) in [4.78, 5) is 28.1. The number of nitrogens with zero attached hydrogens (tertiary/aromatic N) is 6. The molecule has 4 heterocycles. The molecule has 1 aliphatic heterocycles. The second-order valence-electron chi connectivity index (χ2n) is 10.3. The summed E-state index contributed by atoms with van der Waals surface area (Å²) in [5.74, 6) is -0.774. The van der Waals surface area contributed by atoms with Crippen molar-refractivity contribution >= 4 is 17.2 Å². The first-order chi connectivity index (χ1) is 20.3. The van der Waals surface area contributed by atoms with Crippen LogP contribution in [0.2, 0.25) is 0 Å². The zero-order valence-electron chi connectivity index (χ0n) is 23.0. The Bertz CT molecular complexity index is 1620. The number of aliphatic hydroxyl groups excluding tert-OH is 1. The number of hydrogen-bond donors (Lipinski definition) is 2. The molecule has 1 aromatic carbocycles. The van der Waals surface area contributed by atoms with Crippen molar-refractivity contribution < 1.29 is 36.2 Å². The minimum absolute atomic E-state index is 0.0215. The van der Waals surface area contributed by atoms with Crippen molar-refractivity contribution in [3.8, 4) is 11.3 Å². The molecule has 1 amide bonds. The summed E-state index contributed by atoms with van der Waals surface area (Å²) in [6.07, 6.45) is -4.92. The van der Waals surface area contributed by atoms with E-state index in [1.165, 1.54) is 34.9 Å². The predicted octanol–water partition coefficient (Wildman–Crippen LogP) is 5.45. The molecule has 2 atom stereocenters. The average molecular weight is 608 g/mol. The molecule has 0 radical (unpaired) electrons. The fourth-order valence-electron chi connectivity index (χ4n) is 5.15. The number of nitrogens with one attached hydrogen (secondary N) is 1. The number of hydrogen-bond acceptors (Lipinski definition) is 7. The lowest BCUT2D eigenvalue weighted by atomic mass is 10.0. The third kappa shape index (κ3) is 6.19. The van der Waals surface area contributed by atoms with Crippen molar-refractivity contribution in [1.82, 2.24) is 29.2 Å². The molecule has 0 aliphatic carbocycles. The maximum absolute atomic E-state index is 14.2. The van der Waals surface area contributed by atoms with Gasteiger partial charge in [0, 0.05) is 36.3 Å². The molecule has 9 nitrogen and oxygen atoms in total. The van der Waals surface area contributed by atoms with Crippen LogP contribution in [-0.4, -0.2) is 67.2 Å². The van der Waals surface area contributed by atoms with Gasteiger partial charge in [0.1, 0.15) is 17.2 Å². The number of rotatable bonds is 6. The van der Waals surface area contributed by atoms with Crippen LogP contribution < -0.4 is 5.32 Å². The van der Waals surface area contributed by atoms with Gasteiger partial charge in [-0.15, -0.1) is 0 Å². The number of anilines is 1. The van der Waals surface area contributed by atoms with Gasteiger partial charge in [0.2, 0.25) is 0 Å². The minimum atomic E-state index is -4.80. The van der Waals surface area contributed by atoms with Crippen molar-refractivity contribution in [3.63, 3.8) is 0 Å². The Morgan fingerprint density at radius 3 is 2.40 bits per heavy atom. The van der Waals surface area contributed by atoms with Crippen LogP contribution in [0.5, 0.6) is 0 Å². The lowest BCUT2D eigenvalue weighted by molar-refractivity contribution is -0.140. The fourth-order valence-corrected chi connectivity index (χ4v) is 5.15. The molecule has 1 unspecified atom stereocenters. The Kier molecular flexibility index (Phi) is 8.15. The van der Waals surface area contributed by atoms with Gasteiger partial charge < -0.3 is 10.4 Å². The maximum atomic E-state index is 14.2. The molecule has 4 aromatic rings. The minimum Gasteiger partial charge on any atom is -0.365 e. The van der Waals surface area contributed by atoms with E-state index < -0.39 is 41.9 Å². The smallest absolute Gasteiger partial charge is 0.365 e. The maximum Gasteiger partial charge on any atom is 0.435 e. The first-order valence-electron chi connectivity index (χ1n) is 13.2. The molecule has 0 saturated carbocycles. The number of aliphatic hydroxyl groups is 1. The Morgan fingerprint density at radius 1 is 1.02 bits per heavy atom. The van der Waals surface area contributed by atoms with Gasteiger partial charge in [-0.05, 0) is 51.2 Å². The van der Waals surface area contributed by atoms with Crippen LogP contribution in [0.15, 0.2) is 55.0 Å². The molecule has 0 bridgehead atoms. The SMILES string of the molecule is CN(C)C(O)N1CCCC[C@H]1c1nc(-c2ccc(C(=O)Nc3cc(C(F)(F)F)ccn3)cc2)c2c(C(F)(F)F)nccn12. The number of benzene rings is 1. The summed E-state index contributed by atoms with van der Waals surface area (Å²) in [6.45, 7) is 0.510. The second-order valence-corrected chi connectivity index (χ2v) is 10.3. The van der Waals surface area contributed by atoms with E-state index in [-0.39, 0.29) is 28.2 Å². The third-order valence-corrected chi connectivity index (χ3v) is 7.20. The van der Waals surface area contributed by atoms with Crippen molar-refractivity contribution in [2.45, 2.75) is 44.0 Å². The number of carbonyl (C=O) groups excluding carboxylic acids is 1. The number of pyridine rings is 1. The van der Waals surface area contributed by atoms with E-state index in [2.05, 4.69) is 20.3 Å². The Balaban J connectivity index is 1.53. The number of aromatic nitrogens is 4. The molecule has 5 rings (SSSR count). The van der Waals surface area contributed by atoms with Crippen LogP contribution in [-0.2, 0) is 12.4 Å². The summed E-state index contributed by atoms with van der Waals surface area (Å²) in [6, 6.07) is 6.43. The molecule has 1 fully saturated rings. The van der Waals surface area contributed by atoms with E-state index in [9.17, 15) is 36.2 Å². The second kappa shape index (κ2) is 11.5. The lowest BCUT2D eigenvalue weighted by Crippen LogP contribution is -2.49. The molecule has 1 saturated heterocycles. The van der Waals surface area contributed by atoms with E-state index in [0.29, 0.717) is 24.9 Å². The van der Waals surface area contributed by atoms with Gasteiger partial charge in [-0.3, -0.25) is 19.0 Å². The number of alkyl halides is 6. The number of piperidine rings is 1. The Hall–Kier alpha value is -4.08. The third-order valence-electron chi connectivity index (χ3n) is 7.20. The van der Waals surface area contributed by atoms with Crippen molar-refractivity contribution in [2.75, 3.05) is 26.0 Å². The highest BCUT2D eigenvalue weighted by molar-refractivity contribution is 6.04. The molecule has 2 N–H and O–H groups in total. The van der Waals surface area contributed by atoms with Crippen LogP contribution in [0.1, 0.15) is 52.7 Å². The first kappa shape index (κ1) is 30.4. The first-order valence-corrected chi connectivity index (χ1v) is 13.2.